The molecule has 0 aliphatic carbocycles. The summed E-state index contributed by atoms with van der Waals surface area (Å²) in [5, 5.41) is 3.24. The molecule has 2 fully saturated rings. The number of hydrogen-bond acceptors (Lipinski definition) is 3. The number of carbonyl (C=O) groups excluding carboxylic acids is 2. The number of amides is 2. The van der Waals surface area contributed by atoms with Crippen LogP contribution in [0.4, 0.5) is 0 Å². The average molecular weight is 281 g/mol. The molecule has 1 N–H and O–H groups in total. The summed E-state index contributed by atoms with van der Waals surface area (Å²) in [6.45, 7) is 6.46. The first-order chi connectivity index (χ1) is 9.70. The van der Waals surface area contributed by atoms with Gasteiger partial charge in [-0.15, -0.1) is 0 Å². The van der Waals surface area contributed by atoms with Crippen LogP contribution in [0.15, 0.2) is 0 Å². The highest BCUT2D eigenvalue weighted by molar-refractivity contribution is 5.85. The molecule has 0 aromatic carbocycles. The molecule has 20 heavy (non-hydrogen) atoms. The molecule has 0 bridgehead atoms. The molecule has 2 heterocycles. The molecule has 0 aromatic heterocycles. The van der Waals surface area contributed by atoms with E-state index in [9.17, 15) is 9.59 Å². The Morgan fingerprint density at radius 3 is 2.70 bits per heavy atom. The molecule has 5 heteroatoms. The fourth-order valence-electron chi connectivity index (χ4n) is 3.13. The summed E-state index contributed by atoms with van der Waals surface area (Å²) in [7, 11) is 0. The summed E-state index contributed by atoms with van der Waals surface area (Å²) in [4.78, 5) is 28.0. The number of nitrogens with zero attached hydrogens (tertiary/aromatic N) is 2. The zero-order chi connectivity index (χ0) is 14.4. The number of piperazine rings is 1. The molecule has 0 saturated carbocycles. The van der Waals surface area contributed by atoms with Gasteiger partial charge in [-0.25, -0.2) is 0 Å². The smallest absolute Gasteiger partial charge is 0.242 e. The van der Waals surface area contributed by atoms with Crippen LogP contribution < -0.4 is 5.32 Å². The number of hydrogen-bond donors (Lipinski definition) is 1. The Balaban J connectivity index is 1.84. The molecule has 2 rings (SSSR count). The zero-order valence-electron chi connectivity index (χ0n) is 12.6. The Hall–Kier alpha value is -1.10. The van der Waals surface area contributed by atoms with Crippen LogP contribution >= 0.6 is 0 Å². The van der Waals surface area contributed by atoms with E-state index >= 15 is 0 Å². The van der Waals surface area contributed by atoms with E-state index in [2.05, 4.69) is 12.2 Å². The van der Waals surface area contributed by atoms with Crippen molar-refractivity contribution in [3.8, 4) is 0 Å². The molecule has 114 valence electrons. The van der Waals surface area contributed by atoms with Crippen LogP contribution in [0.3, 0.4) is 0 Å². The van der Waals surface area contributed by atoms with Crippen molar-refractivity contribution in [3.63, 3.8) is 0 Å². The van der Waals surface area contributed by atoms with Gasteiger partial charge in [0, 0.05) is 39.1 Å². The van der Waals surface area contributed by atoms with Gasteiger partial charge in [0.05, 0.1) is 6.54 Å². The van der Waals surface area contributed by atoms with Gasteiger partial charge < -0.3 is 15.1 Å². The number of likely N-dealkylation sites (tertiary alicyclic amines) is 1. The van der Waals surface area contributed by atoms with Crippen molar-refractivity contribution in [1.29, 1.82) is 0 Å². The van der Waals surface area contributed by atoms with Crippen LogP contribution in [-0.4, -0.2) is 60.9 Å². The molecule has 0 spiro atoms. The molecule has 2 aliphatic rings. The molecular weight excluding hydrogens is 254 g/mol. The predicted octanol–water partition coefficient (Wildman–Crippen LogP) is 0.847. The second-order valence-corrected chi connectivity index (χ2v) is 5.93. The zero-order valence-corrected chi connectivity index (χ0v) is 12.6. The first kappa shape index (κ1) is 15.3. The third-order valence-corrected chi connectivity index (χ3v) is 4.42. The Morgan fingerprint density at radius 2 is 2.00 bits per heavy atom. The lowest BCUT2D eigenvalue weighted by molar-refractivity contribution is -0.140. The highest BCUT2D eigenvalue weighted by atomic mass is 16.2. The average Bonchev–Trinajstić information content (AvgIpc) is 2.64. The fraction of sp³-hybridized carbons (Fsp3) is 0.867. The van der Waals surface area contributed by atoms with Crippen LogP contribution in [0.25, 0.3) is 0 Å². The standard InChI is InChI=1S/C15H27N3O2/c1-2-3-13-4-5-14(19)18(9-6-13)12-15(20)17-10-7-16-8-11-17/h13,16H,2-12H2,1H3. The van der Waals surface area contributed by atoms with Gasteiger partial charge in [-0.05, 0) is 18.8 Å². The van der Waals surface area contributed by atoms with Crippen molar-refractivity contribution in [2.75, 3.05) is 39.3 Å². The van der Waals surface area contributed by atoms with Crippen molar-refractivity contribution < 1.29 is 9.59 Å². The van der Waals surface area contributed by atoms with Gasteiger partial charge in [0.15, 0.2) is 0 Å². The monoisotopic (exact) mass is 281 g/mol. The molecule has 0 aromatic rings. The molecule has 0 radical (unpaired) electrons. The van der Waals surface area contributed by atoms with Gasteiger partial charge in [0.25, 0.3) is 0 Å². The maximum atomic E-state index is 12.2. The highest BCUT2D eigenvalue weighted by Crippen LogP contribution is 2.22. The van der Waals surface area contributed by atoms with Crippen molar-refractivity contribution >= 4 is 11.8 Å². The summed E-state index contributed by atoms with van der Waals surface area (Å²) in [6, 6.07) is 0. The summed E-state index contributed by atoms with van der Waals surface area (Å²) in [5.41, 5.74) is 0. The van der Waals surface area contributed by atoms with Crippen molar-refractivity contribution in [2.45, 2.75) is 39.0 Å². The molecule has 5 nitrogen and oxygen atoms in total. The van der Waals surface area contributed by atoms with Crippen LogP contribution in [0, 0.1) is 5.92 Å². The van der Waals surface area contributed by atoms with Gasteiger partial charge in [-0.2, -0.15) is 0 Å². The van der Waals surface area contributed by atoms with Gasteiger partial charge in [-0.3, -0.25) is 9.59 Å². The van der Waals surface area contributed by atoms with E-state index in [4.69, 9.17) is 0 Å². The molecule has 2 amide bonds. The maximum Gasteiger partial charge on any atom is 0.242 e. The highest BCUT2D eigenvalue weighted by Gasteiger charge is 2.25. The molecule has 2 saturated heterocycles. The molecule has 1 unspecified atom stereocenters. The SMILES string of the molecule is CCCC1CCC(=O)N(CC(=O)N2CCNCC2)CC1. The van der Waals surface area contributed by atoms with Gasteiger partial charge in [0.2, 0.25) is 11.8 Å². The minimum atomic E-state index is 0.105. The van der Waals surface area contributed by atoms with Crippen molar-refractivity contribution in [1.82, 2.24) is 15.1 Å². The number of carbonyl (C=O) groups is 2. The van der Waals surface area contributed by atoms with Gasteiger partial charge >= 0.3 is 0 Å². The second-order valence-electron chi connectivity index (χ2n) is 5.93. The van der Waals surface area contributed by atoms with E-state index in [0.29, 0.717) is 12.3 Å². The Bertz CT molecular complexity index is 340. The minimum Gasteiger partial charge on any atom is -0.339 e. The van der Waals surface area contributed by atoms with E-state index in [1.165, 1.54) is 12.8 Å². The van der Waals surface area contributed by atoms with Crippen LogP contribution in [0.2, 0.25) is 0 Å². The maximum absolute atomic E-state index is 12.2. The van der Waals surface area contributed by atoms with E-state index in [1.54, 1.807) is 4.90 Å². The van der Waals surface area contributed by atoms with E-state index in [1.807, 2.05) is 4.90 Å². The minimum absolute atomic E-state index is 0.105. The lowest BCUT2D eigenvalue weighted by Gasteiger charge is -2.30. The first-order valence-electron chi connectivity index (χ1n) is 7.97. The summed E-state index contributed by atoms with van der Waals surface area (Å²) in [6.07, 6.45) is 5.03. The third kappa shape index (κ3) is 4.20. The van der Waals surface area contributed by atoms with E-state index in [-0.39, 0.29) is 18.4 Å². The normalized spacial score (nSPS) is 24.6. The summed E-state index contributed by atoms with van der Waals surface area (Å²) in [5.74, 6) is 0.920. The van der Waals surface area contributed by atoms with Crippen molar-refractivity contribution in [2.24, 2.45) is 5.92 Å². The molecular formula is C15H27N3O2. The summed E-state index contributed by atoms with van der Waals surface area (Å²) >= 11 is 0. The first-order valence-corrected chi connectivity index (χ1v) is 7.97. The molecule has 1 atom stereocenters. The Labute approximate surface area is 121 Å². The van der Waals surface area contributed by atoms with E-state index < -0.39 is 0 Å². The third-order valence-electron chi connectivity index (χ3n) is 4.42. The Morgan fingerprint density at radius 1 is 1.25 bits per heavy atom. The van der Waals surface area contributed by atoms with Crippen LogP contribution in [0.5, 0.6) is 0 Å². The van der Waals surface area contributed by atoms with Crippen LogP contribution in [0.1, 0.15) is 39.0 Å². The lowest BCUT2D eigenvalue weighted by Crippen LogP contribution is -2.50. The fourth-order valence-corrected chi connectivity index (χ4v) is 3.13. The molecule has 2 aliphatic heterocycles. The van der Waals surface area contributed by atoms with Crippen molar-refractivity contribution in [3.05, 3.63) is 0 Å². The van der Waals surface area contributed by atoms with Gasteiger partial charge in [0.1, 0.15) is 0 Å². The second kappa shape index (κ2) is 7.62. The number of rotatable bonds is 4. The quantitative estimate of drug-likeness (QED) is 0.831. The largest absolute Gasteiger partial charge is 0.339 e. The summed E-state index contributed by atoms with van der Waals surface area (Å²) < 4.78 is 0. The predicted molar refractivity (Wildman–Crippen MR) is 78.3 cm³/mol. The van der Waals surface area contributed by atoms with Crippen LogP contribution in [-0.2, 0) is 9.59 Å². The van der Waals surface area contributed by atoms with E-state index in [0.717, 1.165) is 45.6 Å². The van der Waals surface area contributed by atoms with Gasteiger partial charge in [-0.1, -0.05) is 19.8 Å². The lowest BCUT2D eigenvalue weighted by atomic mass is 9.96. The number of nitrogens with one attached hydrogen (secondary N) is 1. The topological polar surface area (TPSA) is 52.7 Å². The Kier molecular flexibility index (Phi) is 5.83.